The van der Waals surface area contributed by atoms with Crippen molar-refractivity contribution in [3.63, 3.8) is 0 Å². The van der Waals surface area contributed by atoms with Crippen LogP contribution in [-0.4, -0.2) is 86.3 Å². The van der Waals surface area contributed by atoms with Gasteiger partial charge >= 0.3 is 0 Å². The summed E-state index contributed by atoms with van der Waals surface area (Å²) in [6.07, 6.45) is 3.55. The van der Waals surface area contributed by atoms with E-state index >= 15 is 0 Å². The lowest BCUT2D eigenvalue weighted by molar-refractivity contribution is -0.140. The van der Waals surface area contributed by atoms with E-state index in [1.807, 2.05) is 13.0 Å². The molecule has 9 heteroatoms. The Morgan fingerprint density at radius 3 is 2.56 bits per heavy atom. The molecule has 2 aliphatic rings. The summed E-state index contributed by atoms with van der Waals surface area (Å²) >= 11 is 0. The Morgan fingerprint density at radius 2 is 1.88 bits per heavy atom. The molecule has 0 bridgehead atoms. The minimum atomic E-state index is -0.800. The number of aliphatic hydroxyl groups excluding tert-OH is 1. The van der Waals surface area contributed by atoms with Crippen LogP contribution in [0.5, 0.6) is 17.2 Å². The number of carbonyl (C=O) groups excluding carboxylic acids is 2. The number of ether oxygens (including phenoxy) is 4. The average Bonchev–Trinajstić information content (AvgIpc) is 3.24. The van der Waals surface area contributed by atoms with E-state index in [1.165, 1.54) is 0 Å². The van der Waals surface area contributed by atoms with Crippen molar-refractivity contribution in [1.29, 1.82) is 0 Å². The first-order chi connectivity index (χ1) is 19.9. The van der Waals surface area contributed by atoms with Gasteiger partial charge in [-0.25, -0.2) is 0 Å². The summed E-state index contributed by atoms with van der Waals surface area (Å²) in [5, 5.41) is 11.6. The molecule has 4 rings (SSSR count). The van der Waals surface area contributed by atoms with E-state index in [2.05, 4.69) is 18.4 Å². The zero-order valence-corrected chi connectivity index (χ0v) is 24.2. The van der Waals surface area contributed by atoms with Crippen molar-refractivity contribution in [1.82, 2.24) is 9.80 Å². The topological polar surface area (TPSA) is 97.8 Å². The first-order valence-corrected chi connectivity index (χ1v) is 14.1. The number of morpholine rings is 1. The molecular formula is C32H40N2O7. The number of aliphatic hydroxyl groups is 1. The van der Waals surface area contributed by atoms with E-state index in [9.17, 15) is 14.7 Å². The quantitative estimate of drug-likeness (QED) is 0.125. The molecule has 41 heavy (non-hydrogen) atoms. The highest BCUT2D eigenvalue weighted by molar-refractivity contribution is 6.46. The minimum absolute atomic E-state index is 0.0431. The molecule has 0 radical (unpaired) electrons. The van der Waals surface area contributed by atoms with Gasteiger partial charge in [-0.15, -0.1) is 0 Å². The van der Waals surface area contributed by atoms with E-state index in [0.717, 1.165) is 25.9 Å². The largest absolute Gasteiger partial charge is 0.507 e. The van der Waals surface area contributed by atoms with Crippen LogP contribution in [0.4, 0.5) is 0 Å². The predicted molar refractivity (Wildman–Crippen MR) is 157 cm³/mol. The minimum Gasteiger partial charge on any atom is -0.507 e. The van der Waals surface area contributed by atoms with Gasteiger partial charge < -0.3 is 29.0 Å². The monoisotopic (exact) mass is 564 g/mol. The van der Waals surface area contributed by atoms with E-state index in [1.54, 1.807) is 48.4 Å². The van der Waals surface area contributed by atoms with Crippen molar-refractivity contribution < 1.29 is 33.6 Å². The second-order valence-corrected chi connectivity index (χ2v) is 10.1. The number of aryl methyl sites for hydroxylation is 1. The van der Waals surface area contributed by atoms with E-state index in [4.69, 9.17) is 18.9 Å². The molecule has 2 saturated heterocycles. The van der Waals surface area contributed by atoms with Gasteiger partial charge in [0.05, 0.1) is 38.5 Å². The summed E-state index contributed by atoms with van der Waals surface area (Å²) in [6.45, 7) is 12.1. The maximum atomic E-state index is 13.5. The highest BCUT2D eigenvalue weighted by Crippen LogP contribution is 2.42. The molecule has 1 N–H and O–H groups in total. The van der Waals surface area contributed by atoms with Crippen LogP contribution < -0.4 is 14.2 Å². The molecule has 9 nitrogen and oxygen atoms in total. The Kier molecular flexibility index (Phi) is 10.4. The number of methoxy groups -OCH3 is 1. The van der Waals surface area contributed by atoms with Crippen LogP contribution in [0.3, 0.4) is 0 Å². The second kappa shape index (κ2) is 14.2. The lowest BCUT2D eigenvalue weighted by Crippen LogP contribution is -2.42. The molecule has 2 fully saturated rings. The number of unbranched alkanes of at least 4 members (excludes halogenated alkanes) is 1. The lowest BCUT2D eigenvalue weighted by Gasteiger charge is -2.31. The summed E-state index contributed by atoms with van der Waals surface area (Å²) in [5.41, 5.74) is 1.86. The molecule has 2 aromatic carbocycles. The maximum Gasteiger partial charge on any atom is 0.295 e. The fourth-order valence-electron chi connectivity index (χ4n) is 5.12. The number of hydrogen-bond donors (Lipinski definition) is 1. The number of likely N-dealkylation sites (tertiary alicyclic amines) is 1. The third-order valence-corrected chi connectivity index (χ3v) is 7.38. The fourth-order valence-corrected chi connectivity index (χ4v) is 5.12. The van der Waals surface area contributed by atoms with Crippen molar-refractivity contribution in [3.05, 3.63) is 71.3 Å². The third-order valence-electron chi connectivity index (χ3n) is 7.38. The molecule has 1 amide bonds. The first kappa shape index (κ1) is 30.1. The fraction of sp³-hybridized carbons (Fsp3) is 0.438. The van der Waals surface area contributed by atoms with Crippen molar-refractivity contribution >= 4 is 17.4 Å². The molecule has 1 atom stereocenters. The van der Waals surface area contributed by atoms with Gasteiger partial charge in [0.1, 0.15) is 18.1 Å². The Bertz CT molecular complexity index is 1280. The van der Waals surface area contributed by atoms with E-state index in [-0.39, 0.29) is 11.3 Å². The van der Waals surface area contributed by atoms with Crippen molar-refractivity contribution in [2.45, 2.75) is 32.7 Å². The van der Waals surface area contributed by atoms with Crippen LogP contribution in [0.1, 0.15) is 42.5 Å². The number of Topliss-reactive ketones (excluding diaryl/α,β-unsaturated/α-hetero) is 1. The Hall–Kier alpha value is -3.82. The maximum absolute atomic E-state index is 13.5. The number of benzene rings is 2. The van der Waals surface area contributed by atoms with E-state index < -0.39 is 17.7 Å². The summed E-state index contributed by atoms with van der Waals surface area (Å²) in [6, 6.07) is 9.81. The Balaban J connectivity index is 1.75. The van der Waals surface area contributed by atoms with Crippen molar-refractivity contribution in [2.24, 2.45) is 0 Å². The van der Waals surface area contributed by atoms with Crippen LogP contribution in [-0.2, 0) is 14.3 Å². The molecular weight excluding hydrogens is 524 g/mol. The van der Waals surface area contributed by atoms with Gasteiger partial charge in [0.15, 0.2) is 11.5 Å². The third kappa shape index (κ3) is 6.92. The number of ketones is 1. The standard InChI is InChI=1S/C32H40N2O7/c1-5-7-17-41-26-11-8-23(21-27(26)38-4)29-28(30(35)25-10-9-24(20-22(25)3)40-16-6-2)31(36)32(37)34(29)13-12-33-14-18-39-19-15-33/h6,8-11,20-21,29,35H,2,5,7,12-19H2,1,3-4H3/b30-28+. The predicted octanol–water partition coefficient (Wildman–Crippen LogP) is 4.50. The lowest BCUT2D eigenvalue weighted by atomic mass is 9.93. The number of hydrogen-bond acceptors (Lipinski definition) is 8. The van der Waals surface area contributed by atoms with Gasteiger partial charge in [0, 0.05) is 31.7 Å². The molecule has 2 aliphatic heterocycles. The van der Waals surface area contributed by atoms with Gasteiger partial charge in [-0.2, -0.15) is 0 Å². The number of carbonyl (C=O) groups is 2. The molecule has 2 aromatic rings. The Labute approximate surface area is 241 Å². The molecule has 220 valence electrons. The summed E-state index contributed by atoms with van der Waals surface area (Å²) in [7, 11) is 1.56. The highest BCUT2D eigenvalue weighted by atomic mass is 16.5. The van der Waals surface area contributed by atoms with Crippen LogP contribution >= 0.6 is 0 Å². The van der Waals surface area contributed by atoms with Crippen LogP contribution in [0.25, 0.3) is 5.76 Å². The molecule has 1 unspecified atom stereocenters. The van der Waals surface area contributed by atoms with Crippen LogP contribution in [0.2, 0.25) is 0 Å². The smallest absolute Gasteiger partial charge is 0.295 e. The normalized spacial score (nSPS) is 18.9. The first-order valence-electron chi connectivity index (χ1n) is 14.1. The average molecular weight is 565 g/mol. The SMILES string of the molecule is C=CCOc1ccc(/C(O)=C2\C(=O)C(=O)N(CCN3CCOCC3)C2c2ccc(OCCCC)c(OC)c2)c(C)c1. The molecule has 0 saturated carbocycles. The number of nitrogens with zero attached hydrogens (tertiary/aromatic N) is 2. The summed E-state index contributed by atoms with van der Waals surface area (Å²) in [5.74, 6) is 0.110. The Morgan fingerprint density at radius 1 is 1.10 bits per heavy atom. The number of rotatable bonds is 13. The molecule has 0 aliphatic carbocycles. The summed E-state index contributed by atoms with van der Waals surface area (Å²) < 4.78 is 22.6. The van der Waals surface area contributed by atoms with Crippen LogP contribution in [0, 0.1) is 6.92 Å². The summed E-state index contributed by atoms with van der Waals surface area (Å²) in [4.78, 5) is 30.8. The highest BCUT2D eigenvalue weighted by Gasteiger charge is 2.46. The molecule has 2 heterocycles. The van der Waals surface area contributed by atoms with Gasteiger partial charge in [0.2, 0.25) is 0 Å². The van der Waals surface area contributed by atoms with Crippen molar-refractivity contribution in [2.75, 3.05) is 59.7 Å². The van der Waals surface area contributed by atoms with Crippen molar-refractivity contribution in [3.8, 4) is 17.2 Å². The van der Waals surface area contributed by atoms with Crippen LogP contribution in [0.15, 0.2) is 54.6 Å². The van der Waals surface area contributed by atoms with E-state index in [0.29, 0.717) is 73.5 Å². The second-order valence-electron chi connectivity index (χ2n) is 10.1. The van der Waals surface area contributed by atoms with Gasteiger partial charge in [0.25, 0.3) is 11.7 Å². The number of amides is 1. The molecule has 0 spiro atoms. The zero-order valence-electron chi connectivity index (χ0n) is 24.2. The van der Waals surface area contributed by atoms with Gasteiger partial charge in [-0.1, -0.05) is 32.1 Å². The van der Waals surface area contributed by atoms with Gasteiger partial charge in [-0.3, -0.25) is 14.5 Å². The molecule has 0 aromatic heterocycles. The zero-order chi connectivity index (χ0) is 29.4. The van der Waals surface area contributed by atoms with Gasteiger partial charge in [-0.05, 0) is 54.8 Å².